The predicted molar refractivity (Wildman–Crippen MR) is 94.1 cm³/mol. The topological polar surface area (TPSA) is 107 Å². The molecule has 0 aliphatic carbocycles. The number of hydrogen-bond donors (Lipinski definition) is 2. The summed E-state index contributed by atoms with van der Waals surface area (Å²) in [5, 5.41) is 4.04. The summed E-state index contributed by atoms with van der Waals surface area (Å²) in [6, 6.07) is 14.7. The summed E-state index contributed by atoms with van der Waals surface area (Å²) in [6.45, 7) is 1.89. The maximum absolute atomic E-state index is 12.4. The van der Waals surface area contributed by atoms with Crippen LogP contribution >= 0.6 is 0 Å². The Hall–Kier alpha value is -3.13. The van der Waals surface area contributed by atoms with Crippen LogP contribution in [-0.4, -0.2) is 24.1 Å². The first kappa shape index (κ1) is 16.7. The van der Waals surface area contributed by atoms with Crippen LogP contribution in [-0.2, 0) is 10.0 Å². The Morgan fingerprint density at radius 1 is 1.04 bits per heavy atom. The number of sulfonamides is 1. The van der Waals surface area contributed by atoms with Gasteiger partial charge in [0.15, 0.2) is 0 Å². The van der Waals surface area contributed by atoms with E-state index >= 15 is 0 Å². The Morgan fingerprint density at radius 2 is 1.68 bits per heavy atom. The highest BCUT2D eigenvalue weighted by atomic mass is 32.2. The van der Waals surface area contributed by atoms with Crippen LogP contribution in [0.2, 0.25) is 0 Å². The van der Waals surface area contributed by atoms with Gasteiger partial charge >= 0.3 is 0 Å². The SMILES string of the molecule is Cc1ccc(S(=O)(=O)Nc2ccc(-n3ccc(C(N)=O)n3)cc2)cc1. The molecule has 0 bridgehead atoms. The molecule has 1 amide bonds. The molecule has 0 aliphatic heterocycles. The highest BCUT2D eigenvalue weighted by Gasteiger charge is 2.14. The third-order valence-corrected chi connectivity index (χ3v) is 4.95. The number of benzene rings is 2. The summed E-state index contributed by atoms with van der Waals surface area (Å²) in [6.07, 6.45) is 1.60. The van der Waals surface area contributed by atoms with Crippen LogP contribution < -0.4 is 10.5 Å². The third-order valence-electron chi connectivity index (χ3n) is 3.56. The second-order valence-electron chi connectivity index (χ2n) is 5.48. The van der Waals surface area contributed by atoms with Crippen molar-refractivity contribution in [1.82, 2.24) is 9.78 Å². The molecule has 0 unspecified atom stereocenters. The van der Waals surface area contributed by atoms with E-state index in [0.29, 0.717) is 11.4 Å². The minimum atomic E-state index is -3.65. The number of anilines is 1. The van der Waals surface area contributed by atoms with Crippen molar-refractivity contribution in [3.8, 4) is 5.69 Å². The molecule has 3 rings (SSSR count). The molecule has 25 heavy (non-hydrogen) atoms. The first-order chi connectivity index (χ1) is 11.8. The normalized spacial score (nSPS) is 11.2. The van der Waals surface area contributed by atoms with E-state index in [2.05, 4.69) is 9.82 Å². The van der Waals surface area contributed by atoms with Gasteiger partial charge in [0, 0.05) is 11.9 Å². The Bertz CT molecular complexity index is 1010. The van der Waals surface area contributed by atoms with Crippen LogP contribution in [0.15, 0.2) is 65.7 Å². The van der Waals surface area contributed by atoms with Gasteiger partial charge in [0.1, 0.15) is 5.69 Å². The minimum Gasteiger partial charge on any atom is -0.364 e. The van der Waals surface area contributed by atoms with Gasteiger partial charge in [0.2, 0.25) is 0 Å². The second-order valence-corrected chi connectivity index (χ2v) is 7.16. The first-order valence-electron chi connectivity index (χ1n) is 7.40. The number of primary amides is 1. The first-order valence-corrected chi connectivity index (χ1v) is 8.89. The molecule has 0 radical (unpaired) electrons. The van der Waals surface area contributed by atoms with E-state index in [-0.39, 0.29) is 10.6 Å². The van der Waals surface area contributed by atoms with Gasteiger partial charge in [-0.25, -0.2) is 13.1 Å². The maximum Gasteiger partial charge on any atom is 0.269 e. The molecular formula is C17H16N4O3S. The summed E-state index contributed by atoms with van der Waals surface area (Å²) in [7, 11) is -3.65. The number of hydrogen-bond acceptors (Lipinski definition) is 4. The Labute approximate surface area is 145 Å². The maximum atomic E-state index is 12.4. The average Bonchev–Trinajstić information content (AvgIpc) is 3.06. The number of carbonyl (C=O) groups excluding carboxylic acids is 1. The van der Waals surface area contributed by atoms with Crippen LogP contribution in [0.1, 0.15) is 16.1 Å². The molecule has 0 spiro atoms. The van der Waals surface area contributed by atoms with Gasteiger partial charge < -0.3 is 5.73 Å². The minimum absolute atomic E-state index is 0.157. The van der Waals surface area contributed by atoms with Gasteiger partial charge in [-0.2, -0.15) is 5.10 Å². The van der Waals surface area contributed by atoms with Crippen molar-refractivity contribution in [3.05, 3.63) is 72.1 Å². The van der Waals surface area contributed by atoms with Gasteiger partial charge in [-0.15, -0.1) is 0 Å². The van der Waals surface area contributed by atoms with Gasteiger partial charge in [-0.3, -0.25) is 9.52 Å². The third kappa shape index (κ3) is 3.69. The number of nitrogens with one attached hydrogen (secondary N) is 1. The smallest absolute Gasteiger partial charge is 0.269 e. The van der Waals surface area contributed by atoms with Crippen molar-refractivity contribution in [3.63, 3.8) is 0 Å². The summed E-state index contributed by atoms with van der Waals surface area (Å²) in [5.41, 5.74) is 7.41. The fraction of sp³-hybridized carbons (Fsp3) is 0.0588. The van der Waals surface area contributed by atoms with E-state index in [0.717, 1.165) is 5.56 Å². The van der Waals surface area contributed by atoms with Gasteiger partial charge in [-0.05, 0) is 49.4 Å². The highest BCUT2D eigenvalue weighted by Crippen LogP contribution is 2.18. The Balaban J connectivity index is 1.80. The zero-order valence-electron chi connectivity index (χ0n) is 13.4. The fourth-order valence-electron chi connectivity index (χ4n) is 2.21. The number of nitrogens with zero attached hydrogens (tertiary/aromatic N) is 2. The summed E-state index contributed by atoms with van der Waals surface area (Å²) in [5.74, 6) is -0.610. The van der Waals surface area contributed by atoms with E-state index in [1.807, 2.05) is 6.92 Å². The molecule has 0 atom stereocenters. The molecule has 8 heteroatoms. The van der Waals surface area contributed by atoms with Crippen molar-refractivity contribution in [1.29, 1.82) is 0 Å². The molecule has 2 aromatic carbocycles. The van der Waals surface area contributed by atoms with E-state index in [1.54, 1.807) is 54.7 Å². The number of rotatable bonds is 5. The van der Waals surface area contributed by atoms with Crippen molar-refractivity contribution in [2.45, 2.75) is 11.8 Å². The Kier molecular flexibility index (Phi) is 4.28. The molecule has 0 aliphatic rings. The Morgan fingerprint density at radius 3 is 2.24 bits per heavy atom. The molecule has 1 heterocycles. The standard InChI is InChI=1S/C17H16N4O3S/c1-12-2-8-15(9-3-12)25(23,24)20-13-4-6-14(7-5-13)21-11-10-16(19-21)17(18)22/h2-11,20H,1H3,(H2,18,22). The van der Waals surface area contributed by atoms with Crippen LogP contribution in [0.5, 0.6) is 0 Å². The monoisotopic (exact) mass is 356 g/mol. The lowest BCUT2D eigenvalue weighted by Gasteiger charge is -2.09. The molecular weight excluding hydrogens is 340 g/mol. The molecule has 0 saturated heterocycles. The molecule has 1 aromatic heterocycles. The lowest BCUT2D eigenvalue weighted by molar-refractivity contribution is 0.0995. The average molecular weight is 356 g/mol. The van der Waals surface area contributed by atoms with Crippen LogP contribution in [0, 0.1) is 6.92 Å². The van der Waals surface area contributed by atoms with Crippen molar-refractivity contribution in [2.24, 2.45) is 5.73 Å². The van der Waals surface area contributed by atoms with E-state index in [1.165, 1.54) is 10.7 Å². The zero-order chi connectivity index (χ0) is 18.0. The molecule has 128 valence electrons. The molecule has 0 fully saturated rings. The zero-order valence-corrected chi connectivity index (χ0v) is 14.2. The quantitative estimate of drug-likeness (QED) is 0.730. The summed E-state index contributed by atoms with van der Waals surface area (Å²) < 4.78 is 28.7. The number of carbonyl (C=O) groups is 1. The number of aromatic nitrogens is 2. The highest BCUT2D eigenvalue weighted by molar-refractivity contribution is 7.92. The van der Waals surface area contributed by atoms with Gasteiger partial charge in [0.25, 0.3) is 15.9 Å². The van der Waals surface area contributed by atoms with Gasteiger partial charge in [-0.1, -0.05) is 17.7 Å². The van der Waals surface area contributed by atoms with Crippen molar-refractivity contribution >= 4 is 21.6 Å². The van der Waals surface area contributed by atoms with Crippen molar-refractivity contribution in [2.75, 3.05) is 4.72 Å². The molecule has 0 saturated carbocycles. The summed E-state index contributed by atoms with van der Waals surface area (Å²) in [4.78, 5) is 11.3. The molecule has 7 nitrogen and oxygen atoms in total. The summed E-state index contributed by atoms with van der Waals surface area (Å²) >= 11 is 0. The van der Waals surface area contributed by atoms with Crippen LogP contribution in [0.25, 0.3) is 5.69 Å². The second kappa shape index (κ2) is 6.40. The number of amides is 1. The fourth-order valence-corrected chi connectivity index (χ4v) is 3.27. The molecule has 3 N–H and O–H groups in total. The van der Waals surface area contributed by atoms with Crippen LogP contribution in [0.4, 0.5) is 5.69 Å². The predicted octanol–water partition coefficient (Wildman–Crippen LogP) is 2.08. The number of aryl methyl sites for hydroxylation is 1. The molecule has 3 aromatic rings. The lowest BCUT2D eigenvalue weighted by atomic mass is 10.2. The van der Waals surface area contributed by atoms with Crippen molar-refractivity contribution < 1.29 is 13.2 Å². The van der Waals surface area contributed by atoms with Gasteiger partial charge in [0.05, 0.1) is 10.6 Å². The van der Waals surface area contributed by atoms with E-state index in [4.69, 9.17) is 5.73 Å². The van der Waals surface area contributed by atoms with Crippen LogP contribution in [0.3, 0.4) is 0 Å². The largest absolute Gasteiger partial charge is 0.364 e. The van der Waals surface area contributed by atoms with E-state index < -0.39 is 15.9 Å². The van der Waals surface area contributed by atoms with E-state index in [9.17, 15) is 13.2 Å². The number of nitrogens with two attached hydrogens (primary N) is 1. The lowest BCUT2D eigenvalue weighted by Crippen LogP contribution is -2.13.